The normalized spacial score (nSPS) is 23.0. The third-order valence-electron chi connectivity index (χ3n) is 4.84. The fourth-order valence-corrected chi connectivity index (χ4v) is 3.59. The van der Waals surface area contributed by atoms with Gasteiger partial charge in [-0.2, -0.15) is 0 Å². The van der Waals surface area contributed by atoms with E-state index in [0.717, 1.165) is 26.3 Å². The van der Waals surface area contributed by atoms with Crippen LogP contribution in [0.3, 0.4) is 0 Å². The van der Waals surface area contributed by atoms with Crippen molar-refractivity contribution in [2.24, 2.45) is 0 Å². The van der Waals surface area contributed by atoms with Gasteiger partial charge in [-0.05, 0) is 37.9 Å². The lowest BCUT2D eigenvalue weighted by Gasteiger charge is -2.36. The van der Waals surface area contributed by atoms with E-state index in [1.807, 2.05) is 0 Å². The second-order valence-corrected chi connectivity index (χ2v) is 6.27. The molecule has 0 radical (unpaired) electrons. The van der Waals surface area contributed by atoms with Crippen molar-refractivity contribution in [3.05, 3.63) is 35.9 Å². The van der Waals surface area contributed by atoms with E-state index in [-0.39, 0.29) is 0 Å². The zero-order valence-electron chi connectivity index (χ0n) is 13.0. The molecular formula is C18H28N2O. The van der Waals surface area contributed by atoms with Gasteiger partial charge in [0.2, 0.25) is 0 Å². The molecule has 0 N–H and O–H groups in total. The summed E-state index contributed by atoms with van der Waals surface area (Å²) >= 11 is 0. The van der Waals surface area contributed by atoms with Gasteiger partial charge in [-0.3, -0.25) is 9.80 Å². The maximum atomic E-state index is 5.46. The van der Waals surface area contributed by atoms with E-state index in [1.54, 1.807) is 0 Å². The first kappa shape index (κ1) is 15.0. The summed E-state index contributed by atoms with van der Waals surface area (Å²) < 4.78 is 5.46. The van der Waals surface area contributed by atoms with Crippen molar-refractivity contribution in [1.82, 2.24) is 9.80 Å². The molecule has 2 aliphatic rings. The summed E-state index contributed by atoms with van der Waals surface area (Å²) in [6, 6.07) is 11.7. The van der Waals surface area contributed by atoms with Crippen molar-refractivity contribution >= 4 is 0 Å². The molecule has 2 heterocycles. The smallest absolute Gasteiger partial charge is 0.0594 e. The van der Waals surface area contributed by atoms with Crippen molar-refractivity contribution < 1.29 is 4.74 Å². The van der Waals surface area contributed by atoms with E-state index >= 15 is 0 Å². The average molecular weight is 288 g/mol. The second kappa shape index (κ2) is 7.92. The fraction of sp³-hybridized carbons (Fsp3) is 0.667. The highest BCUT2D eigenvalue weighted by Gasteiger charge is 2.23. The minimum absolute atomic E-state index is 0.592. The van der Waals surface area contributed by atoms with Crippen LogP contribution in [-0.4, -0.2) is 55.7 Å². The third kappa shape index (κ3) is 4.29. The predicted molar refractivity (Wildman–Crippen MR) is 86.5 cm³/mol. The molecule has 0 aromatic heterocycles. The van der Waals surface area contributed by atoms with Gasteiger partial charge in [-0.25, -0.2) is 0 Å². The van der Waals surface area contributed by atoms with E-state index in [2.05, 4.69) is 40.1 Å². The molecule has 3 nitrogen and oxygen atoms in total. The number of hydrogen-bond donors (Lipinski definition) is 0. The highest BCUT2D eigenvalue weighted by atomic mass is 16.5. The minimum atomic E-state index is 0.592. The minimum Gasteiger partial charge on any atom is -0.379 e. The molecule has 2 saturated heterocycles. The van der Waals surface area contributed by atoms with Gasteiger partial charge in [-0.15, -0.1) is 0 Å². The van der Waals surface area contributed by atoms with Crippen molar-refractivity contribution in [1.29, 1.82) is 0 Å². The third-order valence-corrected chi connectivity index (χ3v) is 4.84. The zero-order valence-corrected chi connectivity index (χ0v) is 13.0. The van der Waals surface area contributed by atoms with Gasteiger partial charge in [0.25, 0.3) is 0 Å². The number of morpholine rings is 1. The molecule has 3 heteroatoms. The van der Waals surface area contributed by atoms with E-state index in [4.69, 9.17) is 4.74 Å². The van der Waals surface area contributed by atoms with Gasteiger partial charge < -0.3 is 4.74 Å². The topological polar surface area (TPSA) is 15.7 Å². The lowest BCUT2D eigenvalue weighted by atomic mass is 9.98. The standard InChI is InChI=1S/C18H28N2O/c1-3-7-17(8-4-1)18(20-10-5-2-6-11-20)9-12-19-13-15-21-16-14-19/h1,3-4,7-8,18H,2,5-6,9-16H2. The molecule has 1 atom stereocenters. The largest absolute Gasteiger partial charge is 0.379 e. The van der Waals surface area contributed by atoms with Crippen LogP contribution < -0.4 is 0 Å². The fourth-order valence-electron chi connectivity index (χ4n) is 3.59. The van der Waals surface area contributed by atoms with Crippen LogP contribution in [0.1, 0.15) is 37.3 Å². The Bertz CT molecular complexity index is 397. The van der Waals surface area contributed by atoms with E-state index in [1.165, 1.54) is 50.9 Å². The monoisotopic (exact) mass is 288 g/mol. The van der Waals surface area contributed by atoms with Crippen LogP contribution in [0.4, 0.5) is 0 Å². The maximum Gasteiger partial charge on any atom is 0.0594 e. The Labute approximate surface area is 128 Å². The Hall–Kier alpha value is -0.900. The highest BCUT2D eigenvalue weighted by Crippen LogP contribution is 2.27. The first-order valence-electron chi connectivity index (χ1n) is 8.52. The predicted octanol–water partition coefficient (Wildman–Crippen LogP) is 2.94. The number of rotatable bonds is 5. The zero-order chi connectivity index (χ0) is 14.3. The molecule has 1 unspecified atom stereocenters. The van der Waals surface area contributed by atoms with Crippen LogP contribution >= 0.6 is 0 Å². The molecule has 0 bridgehead atoms. The highest BCUT2D eigenvalue weighted by molar-refractivity contribution is 5.19. The van der Waals surface area contributed by atoms with Crippen LogP contribution in [0, 0.1) is 0 Å². The molecule has 0 aliphatic carbocycles. The van der Waals surface area contributed by atoms with Crippen LogP contribution in [-0.2, 0) is 4.74 Å². The van der Waals surface area contributed by atoms with Gasteiger partial charge in [0.05, 0.1) is 13.2 Å². The molecule has 1 aromatic rings. The number of piperidine rings is 1. The van der Waals surface area contributed by atoms with Gasteiger partial charge in [-0.1, -0.05) is 36.8 Å². The van der Waals surface area contributed by atoms with Gasteiger partial charge in [0.15, 0.2) is 0 Å². The summed E-state index contributed by atoms with van der Waals surface area (Å²) in [5, 5.41) is 0. The SMILES string of the molecule is c1ccc(C(CCN2CCOCC2)N2CCCCC2)cc1. The van der Waals surface area contributed by atoms with Crippen LogP contribution in [0.2, 0.25) is 0 Å². The Morgan fingerprint density at radius 1 is 0.905 bits per heavy atom. The lowest BCUT2D eigenvalue weighted by molar-refractivity contribution is 0.0319. The van der Waals surface area contributed by atoms with Crippen LogP contribution in [0.15, 0.2) is 30.3 Å². The average Bonchev–Trinajstić information content (AvgIpc) is 2.58. The number of likely N-dealkylation sites (tertiary alicyclic amines) is 1. The first-order chi connectivity index (χ1) is 10.4. The molecule has 2 fully saturated rings. The Morgan fingerprint density at radius 3 is 2.33 bits per heavy atom. The van der Waals surface area contributed by atoms with Gasteiger partial charge in [0.1, 0.15) is 0 Å². The molecule has 116 valence electrons. The maximum absolute atomic E-state index is 5.46. The number of ether oxygens (including phenoxy) is 1. The summed E-state index contributed by atoms with van der Waals surface area (Å²) in [4.78, 5) is 5.27. The van der Waals surface area contributed by atoms with Crippen molar-refractivity contribution in [2.45, 2.75) is 31.7 Å². The van der Waals surface area contributed by atoms with Gasteiger partial charge >= 0.3 is 0 Å². The number of nitrogens with zero attached hydrogens (tertiary/aromatic N) is 2. The summed E-state index contributed by atoms with van der Waals surface area (Å²) in [6.45, 7) is 7.73. The van der Waals surface area contributed by atoms with E-state index in [9.17, 15) is 0 Å². The molecule has 0 spiro atoms. The molecule has 2 aliphatic heterocycles. The summed E-state index contributed by atoms with van der Waals surface area (Å²) in [7, 11) is 0. The van der Waals surface area contributed by atoms with Crippen LogP contribution in [0.25, 0.3) is 0 Å². The van der Waals surface area contributed by atoms with E-state index < -0.39 is 0 Å². The first-order valence-corrected chi connectivity index (χ1v) is 8.52. The van der Waals surface area contributed by atoms with Crippen molar-refractivity contribution in [2.75, 3.05) is 45.9 Å². The van der Waals surface area contributed by atoms with Gasteiger partial charge in [0, 0.05) is 25.7 Å². The van der Waals surface area contributed by atoms with Crippen molar-refractivity contribution in [3.8, 4) is 0 Å². The summed E-state index contributed by atoms with van der Waals surface area (Å²) in [6.07, 6.45) is 5.37. The quantitative estimate of drug-likeness (QED) is 0.828. The Balaban J connectivity index is 1.63. The molecule has 0 saturated carbocycles. The molecule has 0 amide bonds. The van der Waals surface area contributed by atoms with Crippen molar-refractivity contribution in [3.63, 3.8) is 0 Å². The molecule has 1 aromatic carbocycles. The number of hydrogen-bond acceptors (Lipinski definition) is 3. The van der Waals surface area contributed by atoms with Crippen LogP contribution in [0.5, 0.6) is 0 Å². The Kier molecular flexibility index (Phi) is 5.67. The summed E-state index contributed by atoms with van der Waals surface area (Å²) in [5.41, 5.74) is 1.49. The molecular weight excluding hydrogens is 260 g/mol. The molecule has 21 heavy (non-hydrogen) atoms. The lowest BCUT2D eigenvalue weighted by Crippen LogP contribution is -2.40. The molecule has 3 rings (SSSR count). The number of benzene rings is 1. The second-order valence-electron chi connectivity index (χ2n) is 6.27. The Morgan fingerprint density at radius 2 is 1.62 bits per heavy atom. The van der Waals surface area contributed by atoms with E-state index in [0.29, 0.717) is 6.04 Å². The summed E-state index contributed by atoms with van der Waals surface area (Å²) in [5.74, 6) is 0.